The van der Waals surface area contributed by atoms with Crippen LogP contribution in [0.1, 0.15) is 37.7 Å². The Bertz CT molecular complexity index is 453. The number of rotatable bonds is 9. The summed E-state index contributed by atoms with van der Waals surface area (Å²) in [5.41, 5.74) is 1.33. The molecule has 1 aliphatic rings. The largest absolute Gasteiger partial charge is 0.356 e. The Hall–Kier alpha value is -0.810. The number of carbonyl (C=O) groups excluding carboxylic acids is 1. The highest BCUT2D eigenvalue weighted by Gasteiger charge is 2.14. The van der Waals surface area contributed by atoms with Gasteiger partial charge in [-0.2, -0.15) is 0 Å². The first-order valence-electron chi connectivity index (χ1n) is 8.94. The molecular formula is C19H33Cl2N3O. The molecule has 0 bridgehead atoms. The molecule has 6 heteroatoms. The van der Waals surface area contributed by atoms with Gasteiger partial charge in [0.25, 0.3) is 0 Å². The van der Waals surface area contributed by atoms with Crippen LogP contribution in [0.2, 0.25) is 0 Å². The minimum Gasteiger partial charge on any atom is -0.356 e. The van der Waals surface area contributed by atoms with Crippen LogP contribution in [-0.4, -0.2) is 44.0 Å². The third-order valence-electron chi connectivity index (χ3n) is 4.57. The molecule has 1 aromatic carbocycles. The molecule has 1 aromatic rings. The van der Waals surface area contributed by atoms with Gasteiger partial charge in [0.05, 0.1) is 0 Å². The van der Waals surface area contributed by atoms with Crippen molar-refractivity contribution in [1.29, 1.82) is 0 Å². The first-order chi connectivity index (χ1) is 11.2. The maximum absolute atomic E-state index is 11.9. The van der Waals surface area contributed by atoms with E-state index in [0.29, 0.717) is 6.42 Å². The summed E-state index contributed by atoms with van der Waals surface area (Å²) in [6, 6.07) is 10.5. The van der Waals surface area contributed by atoms with Crippen molar-refractivity contribution in [1.82, 2.24) is 15.5 Å². The predicted molar refractivity (Wildman–Crippen MR) is 110 cm³/mol. The summed E-state index contributed by atoms with van der Waals surface area (Å²) in [7, 11) is 2.13. The Kier molecular flexibility index (Phi) is 13.9. The van der Waals surface area contributed by atoms with E-state index in [0.717, 1.165) is 51.5 Å². The highest BCUT2D eigenvalue weighted by atomic mass is 35.5. The number of hydrogen-bond donors (Lipinski definition) is 2. The number of amides is 1. The number of nitrogens with zero attached hydrogens (tertiary/aromatic N) is 1. The fourth-order valence-corrected chi connectivity index (χ4v) is 3.14. The van der Waals surface area contributed by atoms with Crippen LogP contribution in [0, 0.1) is 5.92 Å². The first-order valence-corrected chi connectivity index (χ1v) is 8.94. The zero-order valence-electron chi connectivity index (χ0n) is 15.2. The third kappa shape index (κ3) is 10.7. The average Bonchev–Trinajstić information content (AvgIpc) is 2.59. The fraction of sp³-hybridized carbons (Fsp3) is 0.632. The fourth-order valence-electron chi connectivity index (χ4n) is 3.14. The van der Waals surface area contributed by atoms with Crippen LogP contribution in [0.5, 0.6) is 0 Å². The number of halogens is 2. The number of carbonyl (C=O) groups is 1. The van der Waals surface area contributed by atoms with Gasteiger partial charge in [0.2, 0.25) is 5.91 Å². The molecule has 0 atom stereocenters. The summed E-state index contributed by atoms with van der Waals surface area (Å²) in [5.74, 6) is 0.952. The molecule has 144 valence electrons. The van der Waals surface area contributed by atoms with Gasteiger partial charge in [-0.1, -0.05) is 30.3 Å². The van der Waals surface area contributed by atoms with Crippen LogP contribution < -0.4 is 10.6 Å². The van der Waals surface area contributed by atoms with Gasteiger partial charge in [-0.25, -0.2) is 0 Å². The van der Waals surface area contributed by atoms with E-state index in [2.05, 4.69) is 46.8 Å². The Balaban J connectivity index is 0.00000288. The normalized spacial score (nSPS) is 14.5. The van der Waals surface area contributed by atoms with Gasteiger partial charge in [0.1, 0.15) is 0 Å². The zero-order chi connectivity index (χ0) is 16.3. The predicted octanol–water partition coefficient (Wildman–Crippen LogP) is 3.25. The molecule has 0 aliphatic carbocycles. The zero-order valence-corrected chi connectivity index (χ0v) is 16.8. The molecule has 1 heterocycles. The van der Waals surface area contributed by atoms with Crippen LogP contribution in [0.4, 0.5) is 0 Å². The lowest BCUT2D eigenvalue weighted by atomic mass is 9.93. The number of nitrogens with one attached hydrogen (secondary N) is 2. The molecule has 1 aliphatic heterocycles. The van der Waals surface area contributed by atoms with Crippen molar-refractivity contribution in [2.75, 3.05) is 33.2 Å². The summed E-state index contributed by atoms with van der Waals surface area (Å²) in [6.45, 7) is 4.97. The monoisotopic (exact) mass is 389 g/mol. The number of benzene rings is 1. The van der Waals surface area contributed by atoms with Gasteiger partial charge in [0, 0.05) is 19.5 Å². The van der Waals surface area contributed by atoms with Crippen molar-refractivity contribution in [3.8, 4) is 0 Å². The highest BCUT2D eigenvalue weighted by molar-refractivity contribution is 5.85. The van der Waals surface area contributed by atoms with E-state index < -0.39 is 0 Å². The molecule has 0 unspecified atom stereocenters. The maximum Gasteiger partial charge on any atom is 0.220 e. The van der Waals surface area contributed by atoms with E-state index in [1.165, 1.54) is 18.4 Å². The lowest BCUT2D eigenvalue weighted by Crippen LogP contribution is -2.30. The third-order valence-corrected chi connectivity index (χ3v) is 4.57. The molecule has 0 radical (unpaired) electrons. The van der Waals surface area contributed by atoms with Crippen molar-refractivity contribution < 1.29 is 4.79 Å². The van der Waals surface area contributed by atoms with Crippen LogP contribution >= 0.6 is 24.8 Å². The minimum atomic E-state index is 0. The average molecular weight is 390 g/mol. The molecule has 1 saturated heterocycles. The lowest BCUT2D eigenvalue weighted by Gasteiger charge is -2.22. The van der Waals surface area contributed by atoms with Crippen molar-refractivity contribution in [3.05, 3.63) is 35.9 Å². The Morgan fingerprint density at radius 3 is 2.56 bits per heavy atom. The molecule has 0 aromatic heterocycles. The van der Waals surface area contributed by atoms with E-state index in [4.69, 9.17) is 0 Å². The first kappa shape index (κ1) is 24.2. The van der Waals surface area contributed by atoms with Crippen molar-refractivity contribution in [3.63, 3.8) is 0 Å². The lowest BCUT2D eigenvalue weighted by molar-refractivity contribution is -0.121. The SMILES string of the molecule is CN(CCCNC(=O)CCC1CCNCC1)Cc1ccccc1.Cl.Cl. The second kappa shape index (κ2) is 14.4. The Morgan fingerprint density at radius 2 is 1.88 bits per heavy atom. The standard InChI is InChI=1S/C19H31N3O.2ClH/c1-22(16-18-6-3-2-4-7-18)15-5-12-21-19(23)9-8-17-10-13-20-14-11-17;;/h2-4,6-7,17,20H,5,8-16H2,1H3,(H,21,23);2*1H. The quantitative estimate of drug-likeness (QED) is 0.637. The van der Waals surface area contributed by atoms with Gasteiger partial charge in [-0.05, 0) is 63.8 Å². The summed E-state index contributed by atoms with van der Waals surface area (Å²) >= 11 is 0. The molecule has 0 saturated carbocycles. The maximum atomic E-state index is 11.9. The molecule has 0 spiro atoms. The van der Waals surface area contributed by atoms with Gasteiger partial charge in [0.15, 0.2) is 0 Å². The van der Waals surface area contributed by atoms with Crippen LogP contribution in [0.15, 0.2) is 30.3 Å². The number of piperidine rings is 1. The van der Waals surface area contributed by atoms with E-state index in [1.54, 1.807) is 0 Å². The molecule has 1 fully saturated rings. The molecule has 2 N–H and O–H groups in total. The summed E-state index contributed by atoms with van der Waals surface area (Å²) in [5, 5.41) is 6.43. The molecule has 2 rings (SSSR count). The van der Waals surface area contributed by atoms with Crippen LogP contribution in [-0.2, 0) is 11.3 Å². The second-order valence-corrected chi connectivity index (χ2v) is 6.66. The van der Waals surface area contributed by atoms with Crippen molar-refractivity contribution >= 4 is 30.7 Å². The van der Waals surface area contributed by atoms with Gasteiger partial charge >= 0.3 is 0 Å². The summed E-state index contributed by atoms with van der Waals surface area (Å²) < 4.78 is 0. The summed E-state index contributed by atoms with van der Waals surface area (Å²) in [4.78, 5) is 14.2. The van der Waals surface area contributed by atoms with Crippen molar-refractivity contribution in [2.45, 2.75) is 38.6 Å². The van der Waals surface area contributed by atoms with E-state index in [9.17, 15) is 4.79 Å². The topological polar surface area (TPSA) is 44.4 Å². The molecule has 1 amide bonds. The second-order valence-electron chi connectivity index (χ2n) is 6.66. The Morgan fingerprint density at radius 1 is 1.20 bits per heavy atom. The highest BCUT2D eigenvalue weighted by Crippen LogP contribution is 2.17. The molecule has 25 heavy (non-hydrogen) atoms. The van der Waals surface area contributed by atoms with E-state index >= 15 is 0 Å². The molecular weight excluding hydrogens is 357 g/mol. The number of hydrogen-bond acceptors (Lipinski definition) is 3. The van der Waals surface area contributed by atoms with Crippen LogP contribution in [0.25, 0.3) is 0 Å². The van der Waals surface area contributed by atoms with E-state index in [1.807, 2.05) is 6.07 Å². The van der Waals surface area contributed by atoms with Gasteiger partial charge < -0.3 is 15.5 Å². The van der Waals surface area contributed by atoms with Crippen molar-refractivity contribution in [2.24, 2.45) is 5.92 Å². The van der Waals surface area contributed by atoms with Gasteiger partial charge in [-0.15, -0.1) is 24.8 Å². The van der Waals surface area contributed by atoms with E-state index in [-0.39, 0.29) is 30.7 Å². The summed E-state index contributed by atoms with van der Waals surface area (Å²) in [6.07, 6.45) is 5.17. The smallest absolute Gasteiger partial charge is 0.220 e. The molecule has 4 nitrogen and oxygen atoms in total. The van der Waals surface area contributed by atoms with Gasteiger partial charge in [-0.3, -0.25) is 4.79 Å². The van der Waals surface area contributed by atoms with Crippen LogP contribution in [0.3, 0.4) is 0 Å². The Labute approximate surface area is 164 Å². The minimum absolute atomic E-state index is 0.